The highest BCUT2D eigenvalue weighted by Crippen LogP contribution is 2.31. The van der Waals surface area contributed by atoms with Crippen LogP contribution in [-0.4, -0.2) is 11.1 Å². The zero-order valence-electron chi connectivity index (χ0n) is 7.23. The van der Waals surface area contributed by atoms with Crippen LogP contribution in [0.3, 0.4) is 0 Å². The average Bonchev–Trinajstić information content (AvgIpc) is 2.79. The van der Waals surface area contributed by atoms with E-state index in [1.807, 2.05) is 17.1 Å². The standard InChI is InChI=1S/C9H14N2O/c1-7(9-3-2-6-12-9)11(10)8-4-5-8/h2-3,6-8H,4-5,10H2,1H3. The van der Waals surface area contributed by atoms with E-state index in [9.17, 15) is 0 Å². The van der Waals surface area contributed by atoms with E-state index in [0.29, 0.717) is 6.04 Å². The molecule has 0 spiro atoms. The van der Waals surface area contributed by atoms with Gasteiger partial charge in [0.1, 0.15) is 5.76 Å². The Morgan fingerprint density at radius 3 is 2.92 bits per heavy atom. The molecule has 3 nitrogen and oxygen atoms in total. The van der Waals surface area contributed by atoms with Crippen molar-refractivity contribution in [2.45, 2.75) is 31.8 Å². The van der Waals surface area contributed by atoms with Gasteiger partial charge in [0.15, 0.2) is 0 Å². The Balaban J connectivity index is 2.03. The van der Waals surface area contributed by atoms with Gasteiger partial charge in [-0.25, -0.2) is 5.01 Å². The van der Waals surface area contributed by atoms with E-state index in [-0.39, 0.29) is 6.04 Å². The van der Waals surface area contributed by atoms with Gasteiger partial charge in [-0.05, 0) is 31.9 Å². The molecule has 66 valence electrons. The minimum Gasteiger partial charge on any atom is -0.468 e. The second kappa shape index (κ2) is 2.92. The van der Waals surface area contributed by atoms with Gasteiger partial charge in [0.25, 0.3) is 0 Å². The minimum absolute atomic E-state index is 0.201. The predicted octanol–water partition coefficient (Wildman–Crippen LogP) is 1.68. The van der Waals surface area contributed by atoms with Crippen LogP contribution in [0.1, 0.15) is 31.6 Å². The van der Waals surface area contributed by atoms with Gasteiger partial charge in [-0.1, -0.05) is 0 Å². The molecule has 3 heteroatoms. The predicted molar refractivity (Wildman–Crippen MR) is 46.2 cm³/mol. The molecule has 0 aliphatic heterocycles. The van der Waals surface area contributed by atoms with Gasteiger partial charge >= 0.3 is 0 Å². The van der Waals surface area contributed by atoms with Crippen LogP contribution in [0.25, 0.3) is 0 Å². The van der Waals surface area contributed by atoms with Crippen molar-refractivity contribution in [2.75, 3.05) is 0 Å². The van der Waals surface area contributed by atoms with E-state index in [2.05, 4.69) is 6.92 Å². The number of nitrogens with zero attached hydrogens (tertiary/aromatic N) is 1. The highest BCUT2D eigenvalue weighted by molar-refractivity contribution is 5.04. The molecule has 1 aromatic rings. The van der Waals surface area contributed by atoms with Crippen LogP contribution in [0.4, 0.5) is 0 Å². The van der Waals surface area contributed by atoms with Gasteiger partial charge in [0, 0.05) is 6.04 Å². The number of hydrogen-bond donors (Lipinski definition) is 1. The van der Waals surface area contributed by atoms with Crippen LogP contribution < -0.4 is 5.84 Å². The fourth-order valence-corrected chi connectivity index (χ4v) is 1.36. The summed E-state index contributed by atoms with van der Waals surface area (Å²) in [6, 6.07) is 4.64. The Labute approximate surface area is 72.1 Å². The lowest BCUT2D eigenvalue weighted by Crippen LogP contribution is -2.35. The van der Waals surface area contributed by atoms with Crippen molar-refractivity contribution in [3.63, 3.8) is 0 Å². The fourth-order valence-electron chi connectivity index (χ4n) is 1.36. The van der Waals surface area contributed by atoms with Crippen LogP contribution in [-0.2, 0) is 0 Å². The molecule has 0 aromatic carbocycles. The molecule has 1 fully saturated rings. The molecule has 0 bridgehead atoms. The molecule has 1 atom stereocenters. The second-order valence-electron chi connectivity index (χ2n) is 3.37. The maximum Gasteiger partial charge on any atom is 0.122 e. The summed E-state index contributed by atoms with van der Waals surface area (Å²) in [5.41, 5.74) is 0. The summed E-state index contributed by atoms with van der Waals surface area (Å²) in [6.07, 6.45) is 4.13. The minimum atomic E-state index is 0.201. The maximum absolute atomic E-state index is 5.89. The highest BCUT2D eigenvalue weighted by Gasteiger charge is 2.31. The molecule has 1 aliphatic rings. The average molecular weight is 166 g/mol. The molecule has 0 amide bonds. The number of furan rings is 1. The third-order valence-corrected chi connectivity index (χ3v) is 2.37. The molecular weight excluding hydrogens is 152 g/mol. The molecule has 1 unspecified atom stereocenters. The quantitative estimate of drug-likeness (QED) is 0.548. The normalized spacial score (nSPS) is 19.9. The Bertz CT molecular complexity index is 241. The monoisotopic (exact) mass is 166 g/mol. The fraction of sp³-hybridized carbons (Fsp3) is 0.556. The first-order chi connectivity index (χ1) is 5.79. The number of rotatable bonds is 3. The summed E-state index contributed by atoms with van der Waals surface area (Å²) in [4.78, 5) is 0. The Kier molecular flexibility index (Phi) is 1.90. The van der Waals surface area contributed by atoms with Gasteiger partial charge in [-0.3, -0.25) is 5.84 Å². The zero-order chi connectivity index (χ0) is 8.55. The molecule has 12 heavy (non-hydrogen) atoms. The molecule has 2 N–H and O–H groups in total. The van der Waals surface area contributed by atoms with E-state index in [1.54, 1.807) is 6.26 Å². The largest absolute Gasteiger partial charge is 0.468 e. The first-order valence-corrected chi connectivity index (χ1v) is 4.35. The van der Waals surface area contributed by atoms with E-state index in [4.69, 9.17) is 10.3 Å². The van der Waals surface area contributed by atoms with Crippen molar-refractivity contribution in [1.82, 2.24) is 5.01 Å². The van der Waals surface area contributed by atoms with Crippen LogP contribution in [0.15, 0.2) is 22.8 Å². The molecule has 0 saturated heterocycles. The molecule has 1 aromatic heterocycles. The van der Waals surface area contributed by atoms with Crippen LogP contribution in [0.5, 0.6) is 0 Å². The van der Waals surface area contributed by atoms with Crippen molar-refractivity contribution in [3.8, 4) is 0 Å². The SMILES string of the molecule is CC(c1ccco1)N(N)C1CC1. The summed E-state index contributed by atoms with van der Waals surface area (Å²) in [5.74, 6) is 6.84. The lowest BCUT2D eigenvalue weighted by Gasteiger charge is -2.21. The van der Waals surface area contributed by atoms with Crippen molar-refractivity contribution >= 4 is 0 Å². The summed E-state index contributed by atoms with van der Waals surface area (Å²) < 4.78 is 5.27. The molecule has 1 saturated carbocycles. The Hall–Kier alpha value is -0.800. The lowest BCUT2D eigenvalue weighted by molar-refractivity contribution is 0.182. The summed E-state index contributed by atoms with van der Waals surface area (Å²) in [6.45, 7) is 2.07. The van der Waals surface area contributed by atoms with Crippen LogP contribution in [0.2, 0.25) is 0 Å². The topological polar surface area (TPSA) is 42.4 Å². The van der Waals surface area contributed by atoms with Gasteiger partial charge in [0.05, 0.1) is 12.3 Å². The van der Waals surface area contributed by atoms with Crippen molar-refractivity contribution < 1.29 is 4.42 Å². The summed E-state index contributed by atoms with van der Waals surface area (Å²) in [5, 5.41) is 1.89. The van der Waals surface area contributed by atoms with Crippen molar-refractivity contribution in [1.29, 1.82) is 0 Å². The number of hydrogen-bond acceptors (Lipinski definition) is 3. The molecule has 1 heterocycles. The van der Waals surface area contributed by atoms with E-state index in [0.717, 1.165) is 5.76 Å². The highest BCUT2D eigenvalue weighted by atomic mass is 16.3. The van der Waals surface area contributed by atoms with Gasteiger partial charge in [0.2, 0.25) is 0 Å². The first-order valence-electron chi connectivity index (χ1n) is 4.35. The third-order valence-electron chi connectivity index (χ3n) is 2.37. The van der Waals surface area contributed by atoms with Crippen LogP contribution in [0, 0.1) is 0 Å². The molecule has 0 radical (unpaired) electrons. The number of nitrogens with two attached hydrogens (primary N) is 1. The smallest absolute Gasteiger partial charge is 0.122 e. The Morgan fingerprint density at radius 1 is 1.67 bits per heavy atom. The second-order valence-corrected chi connectivity index (χ2v) is 3.37. The van der Waals surface area contributed by atoms with Crippen molar-refractivity contribution in [2.24, 2.45) is 5.84 Å². The maximum atomic E-state index is 5.89. The van der Waals surface area contributed by atoms with E-state index < -0.39 is 0 Å². The molecular formula is C9H14N2O. The Morgan fingerprint density at radius 2 is 2.42 bits per heavy atom. The van der Waals surface area contributed by atoms with Crippen LogP contribution >= 0.6 is 0 Å². The van der Waals surface area contributed by atoms with Crippen molar-refractivity contribution in [3.05, 3.63) is 24.2 Å². The molecule has 1 aliphatic carbocycles. The zero-order valence-corrected chi connectivity index (χ0v) is 7.23. The first kappa shape index (κ1) is 7.83. The van der Waals surface area contributed by atoms with Gasteiger partial charge in [-0.2, -0.15) is 0 Å². The third kappa shape index (κ3) is 1.38. The summed E-state index contributed by atoms with van der Waals surface area (Å²) >= 11 is 0. The number of hydrazine groups is 1. The van der Waals surface area contributed by atoms with E-state index in [1.165, 1.54) is 12.8 Å². The van der Waals surface area contributed by atoms with E-state index >= 15 is 0 Å². The molecule has 2 rings (SSSR count). The summed E-state index contributed by atoms with van der Waals surface area (Å²) in [7, 11) is 0. The van der Waals surface area contributed by atoms with Gasteiger partial charge in [-0.15, -0.1) is 0 Å². The lowest BCUT2D eigenvalue weighted by atomic mass is 10.2. The van der Waals surface area contributed by atoms with Gasteiger partial charge < -0.3 is 4.42 Å².